The lowest BCUT2D eigenvalue weighted by atomic mass is 9.96. The summed E-state index contributed by atoms with van der Waals surface area (Å²) in [6, 6.07) is 7.90. The van der Waals surface area contributed by atoms with Crippen LogP contribution in [0.4, 0.5) is 0 Å². The Balaban J connectivity index is 1.51. The Morgan fingerprint density at radius 1 is 1.16 bits per heavy atom. The van der Waals surface area contributed by atoms with Gasteiger partial charge in [-0.25, -0.2) is 4.98 Å². The van der Waals surface area contributed by atoms with Gasteiger partial charge in [-0.3, -0.25) is 9.78 Å². The van der Waals surface area contributed by atoms with E-state index in [1.165, 1.54) is 0 Å². The number of carbonyl (C=O) groups is 1. The van der Waals surface area contributed by atoms with E-state index in [4.69, 9.17) is 0 Å². The number of fused-ring (bicyclic) bond motifs is 1. The molecule has 0 unspecified atom stereocenters. The molecule has 0 spiro atoms. The molecule has 1 saturated carbocycles. The summed E-state index contributed by atoms with van der Waals surface area (Å²) < 4.78 is 0. The molecule has 2 aromatic rings. The lowest BCUT2D eigenvalue weighted by molar-refractivity contribution is -0.137. The van der Waals surface area contributed by atoms with Gasteiger partial charge in [0.25, 0.3) is 0 Å². The number of hydrogen-bond donors (Lipinski definition) is 0. The summed E-state index contributed by atoms with van der Waals surface area (Å²) in [5, 5.41) is 0. The molecule has 1 aliphatic heterocycles. The summed E-state index contributed by atoms with van der Waals surface area (Å²) in [7, 11) is 0. The minimum Gasteiger partial charge on any atom is -0.341 e. The molecular formula is C15H15N3O. The van der Waals surface area contributed by atoms with Crippen molar-refractivity contribution in [3.05, 3.63) is 36.2 Å². The maximum atomic E-state index is 11.9. The summed E-state index contributed by atoms with van der Waals surface area (Å²) in [5.41, 5.74) is 2.88. The SMILES string of the molecule is O=C(C1CC1)N1CC(c2cnc3ccccc3n2)C1. The van der Waals surface area contributed by atoms with Crippen LogP contribution in [0.25, 0.3) is 11.0 Å². The highest BCUT2D eigenvalue weighted by atomic mass is 16.2. The average Bonchev–Trinajstić information content (AvgIpc) is 3.21. The molecule has 4 nitrogen and oxygen atoms in total. The van der Waals surface area contributed by atoms with Gasteiger partial charge in [0.2, 0.25) is 5.91 Å². The van der Waals surface area contributed by atoms with Crippen LogP contribution in [0.2, 0.25) is 0 Å². The molecule has 0 bridgehead atoms. The third-order valence-corrected chi connectivity index (χ3v) is 4.01. The zero-order chi connectivity index (χ0) is 12.8. The van der Waals surface area contributed by atoms with Gasteiger partial charge in [0.15, 0.2) is 0 Å². The molecule has 4 rings (SSSR count). The first-order valence-electron chi connectivity index (χ1n) is 6.82. The van der Waals surface area contributed by atoms with Crippen molar-refractivity contribution < 1.29 is 4.79 Å². The number of aromatic nitrogens is 2. The molecule has 2 heterocycles. The van der Waals surface area contributed by atoms with Crippen LogP contribution in [0.3, 0.4) is 0 Å². The Labute approximate surface area is 111 Å². The van der Waals surface area contributed by atoms with Gasteiger partial charge in [0.1, 0.15) is 0 Å². The van der Waals surface area contributed by atoms with Crippen LogP contribution in [-0.2, 0) is 4.79 Å². The summed E-state index contributed by atoms with van der Waals surface area (Å²) in [6.45, 7) is 1.62. The van der Waals surface area contributed by atoms with Crippen molar-refractivity contribution in [1.82, 2.24) is 14.9 Å². The number of amides is 1. The molecule has 1 aromatic carbocycles. The maximum Gasteiger partial charge on any atom is 0.225 e. The fourth-order valence-corrected chi connectivity index (χ4v) is 2.60. The first-order chi connectivity index (χ1) is 9.31. The van der Waals surface area contributed by atoms with Crippen LogP contribution in [0.15, 0.2) is 30.5 Å². The normalized spacial score (nSPS) is 19.5. The molecule has 0 radical (unpaired) electrons. The Morgan fingerprint density at radius 3 is 2.63 bits per heavy atom. The van der Waals surface area contributed by atoms with Gasteiger partial charge < -0.3 is 4.90 Å². The van der Waals surface area contributed by atoms with Crippen molar-refractivity contribution in [3.8, 4) is 0 Å². The Hall–Kier alpha value is -1.97. The second kappa shape index (κ2) is 4.02. The highest BCUT2D eigenvalue weighted by Crippen LogP contribution is 2.35. The zero-order valence-electron chi connectivity index (χ0n) is 10.6. The van der Waals surface area contributed by atoms with Crippen molar-refractivity contribution in [1.29, 1.82) is 0 Å². The molecule has 1 saturated heterocycles. The van der Waals surface area contributed by atoms with Crippen molar-refractivity contribution in [2.24, 2.45) is 5.92 Å². The number of benzene rings is 1. The molecule has 0 N–H and O–H groups in total. The molecule has 96 valence electrons. The monoisotopic (exact) mass is 253 g/mol. The quantitative estimate of drug-likeness (QED) is 0.822. The highest BCUT2D eigenvalue weighted by molar-refractivity contribution is 5.82. The number of hydrogen-bond acceptors (Lipinski definition) is 3. The summed E-state index contributed by atoms with van der Waals surface area (Å²) in [4.78, 5) is 22.9. The van der Waals surface area contributed by atoms with Crippen LogP contribution in [0, 0.1) is 5.92 Å². The van der Waals surface area contributed by atoms with E-state index in [1.807, 2.05) is 35.4 Å². The minimum absolute atomic E-state index is 0.323. The van der Waals surface area contributed by atoms with Gasteiger partial charge in [-0.15, -0.1) is 0 Å². The third kappa shape index (κ3) is 1.87. The standard InChI is InChI=1S/C15H15N3O/c19-15(10-5-6-10)18-8-11(9-18)14-7-16-12-3-1-2-4-13(12)17-14/h1-4,7,10-11H,5-6,8-9H2. The van der Waals surface area contributed by atoms with E-state index in [0.717, 1.165) is 42.7 Å². The largest absolute Gasteiger partial charge is 0.341 e. The molecular weight excluding hydrogens is 238 g/mol. The number of rotatable bonds is 2. The minimum atomic E-state index is 0.323. The van der Waals surface area contributed by atoms with E-state index in [9.17, 15) is 4.79 Å². The van der Waals surface area contributed by atoms with Crippen LogP contribution < -0.4 is 0 Å². The van der Waals surface area contributed by atoms with Crippen LogP contribution in [0.5, 0.6) is 0 Å². The lowest BCUT2D eigenvalue weighted by Crippen LogP contribution is -2.49. The molecule has 0 atom stereocenters. The fraction of sp³-hybridized carbons (Fsp3) is 0.400. The Kier molecular flexibility index (Phi) is 2.31. The Bertz CT molecular complexity index is 645. The van der Waals surface area contributed by atoms with E-state index in [2.05, 4.69) is 9.97 Å². The van der Waals surface area contributed by atoms with Crippen molar-refractivity contribution in [2.75, 3.05) is 13.1 Å². The molecule has 4 heteroatoms. The van der Waals surface area contributed by atoms with E-state index < -0.39 is 0 Å². The van der Waals surface area contributed by atoms with Gasteiger partial charge in [-0.2, -0.15) is 0 Å². The lowest BCUT2D eigenvalue weighted by Gasteiger charge is -2.39. The van der Waals surface area contributed by atoms with E-state index in [-0.39, 0.29) is 0 Å². The summed E-state index contributed by atoms with van der Waals surface area (Å²) in [6.07, 6.45) is 4.01. The van der Waals surface area contributed by atoms with Crippen molar-refractivity contribution in [2.45, 2.75) is 18.8 Å². The number of para-hydroxylation sites is 2. The van der Waals surface area contributed by atoms with E-state index in [1.54, 1.807) is 0 Å². The second-order valence-corrected chi connectivity index (χ2v) is 5.50. The van der Waals surface area contributed by atoms with Crippen LogP contribution in [0.1, 0.15) is 24.5 Å². The van der Waals surface area contributed by atoms with Gasteiger partial charge in [-0.1, -0.05) is 12.1 Å². The number of likely N-dealkylation sites (tertiary alicyclic amines) is 1. The number of nitrogens with zero attached hydrogens (tertiary/aromatic N) is 3. The van der Waals surface area contributed by atoms with Crippen molar-refractivity contribution in [3.63, 3.8) is 0 Å². The zero-order valence-corrected chi connectivity index (χ0v) is 10.6. The molecule has 19 heavy (non-hydrogen) atoms. The smallest absolute Gasteiger partial charge is 0.225 e. The molecule has 1 amide bonds. The second-order valence-electron chi connectivity index (χ2n) is 5.50. The molecule has 1 aliphatic carbocycles. The maximum absolute atomic E-state index is 11.9. The first kappa shape index (κ1) is 10.9. The highest BCUT2D eigenvalue weighted by Gasteiger charge is 2.40. The summed E-state index contributed by atoms with van der Waals surface area (Å²) >= 11 is 0. The first-order valence-corrected chi connectivity index (χ1v) is 6.82. The van der Waals surface area contributed by atoms with Crippen LogP contribution in [-0.4, -0.2) is 33.9 Å². The molecule has 2 fully saturated rings. The van der Waals surface area contributed by atoms with Gasteiger partial charge >= 0.3 is 0 Å². The molecule has 2 aliphatic rings. The molecule has 1 aromatic heterocycles. The third-order valence-electron chi connectivity index (χ3n) is 4.01. The van der Waals surface area contributed by atoms with Crippen molar-refractivity contribution >= 4 is 16.9 Å². The average molecular weight is 253 g/mol. The van der Waals surface area contributed by atoms with Crippen LogP contribution >= 0.6 is 0 Å². The predicted octanol–water partition coefficient (Wildman–Crippen LogP) is 1.97. The van der Waals surface area contributed by atoms with Gasteiger partial charge in [-0.05, 0) is 25.0 Å². The topological polar surface area (TPSA) is 46.1 Å². The van der Waals surface area contributed by atoms with Gasteiger partial charge in [0.05, 0.1) is 16.7 Å². The fourth-order valence-electron chi connectivity index (χ4n) is 2.60. The number of carbonyl (C=O) groups excluding carboxylic acids is 1. The summed E-state index contributed by atoms with van der Waals surface area (Å²) in [5.74, 6) is 1.02. The Morgan fingerprint density at radius 2 is 1.89 bits per heavy atom. The predicted molar refractivity (Wildman–Crippen MR) is 71.6 cm³/mol. The van der Waals surface area contributed by atoms with E-state index in [0.29, 0.717) is 17.7 Å². The van der Waals surface area contributed by atoms with Gasteiger partial charge in [0, 0.05) is 31.1 Å². The van der Waals surface area contributed by atoms with E-state index >= 15 is 0 Å².